The first-order valence-corrected chi connectivity index (χ1v) is 6.16. The van der Waals surface area contributed by atoms with Crippen LogP contribution in [0.1, 0.15) is 6.92 Å². The molecule has 0 saturated carbocycles. The van der Waals surface area contributed by atoms with Crippen LogP contribution in [0.5, 0.6) is 0 Å². The molecule has 0 aromatic rings. The summed E-state index contributed by atoms with van der Waals surface area (Å²) in [5.74, 6) is -0.295. The highest BCUT2D eigenvalue weighted by atomic mass is 32.2. The molecule has 12 heavy (non-hydrogen) atoms. The summed E-state index contributed by atoms with van der Waals surface area (Å²) in [4.78, 5) is 10.6. The zero-order valence-corrected chi connectivity index (χ0v) is 8.19. The zero-order valence-electron chi connectivity index (χ0n) is 6.56. The SMILES string of the molecule is CC(=O)SC1CS(=O)(=O)CC1O. The maximum atomic E-state index is 10.9. The molecule has 4 nitrogen and oxygen atoms in total. The van der Waals surface area contributed by atoms with Gasteiger partial charge in [-0.2, -0.15) is 0 Å². The second kappa shape index (κ2) is 3.35. The van der Waals surface area contributed by atoms with E-state index in [1.54, 1.807) is 0 Å². The Morgan fingerprint density at radius 1 is 1.50 bits per heavy atom. The molecule has 1 rings (SSSR count). The summed E-state index contributed by atoms with van der Waals surface area (Å²) >= 11 is 0.904. The molecule has 2 unspecified atom stereocenters. The highest BCUT2D eigenvalue weighted by Crippen LogP contribution is 2.24. The van der Waals surface area contributed by atoms with Gasteiger partial charge in [-0.15, -0.1) is 0 Å². The fraction of sp³-hybridized carbons (Fsp3) is 0.833. The number of carbonyl (C=O) groups is 1. The Morgan fingerprint density at radius 3 is 2.42 bits per heavy atom. The van der Waals surface area contributed by atoms with E-state index in [1.165, 1.54) is 6.92 Å². The van der Waals surface area contributed by atoms with Gasteiger partial charge >= 0.3 is 0 Å². The van der Waals surface area contributed by atoms with Crippen molar-refractivity contribution in [3.63, 3.8) is 0 Å². The second-order valence-electron chi connectivity index (χ2n) is 2.79. The minimum absolute atomic E-state index is 0.0849. The van der Waals surface area contributed by atoms with Crippen molar-refractivity contribution in [2.24, 2.45) is 0 Å². The molecule has 0 amide bonds. The number of hydrogen-bond acceptors (Lipinski definition) is 5. The fourth-order valence-corrected chi connectivity index (χ4v) is 4.43. The summed E-state index contributed by atoms with van der Waals surface area (Å²) < 4.78 is 21.9. The molecule has 1 heterocycles. The number of aliphatic hydroxyl groups excluding tert-OH is 1. The average molecular weight is 210 g/mol. The van der Waals surface area contributed by atoms with Gasteiger partial charge in [-0.25, -0.2) is 8.42 Å². The largest absolute Gasteiger partial charge is 0.391 e. The van der Waals surface area contributed by atoms with Gasteiger partial charge in [0.05, 0.1) is 22.9 Å². The van der Waals surface area contributed by atoms with Crippen molar-refractivity contribution < 1.29 is 18.3 Å². The van der Waals surface area contributed by atoms with Crippen molar-refractivity contribution in [2.75, 3.05) is 11.5 Å². The Bertz CT molecular complexity index is 282. The number of hydrogen-bond donors (Lipinski definition) is 1. The van der Waals surface area contributed by atoms with Gasteiger partial charge in [-0.3, -0.25) is 4.79 Å². The Kier molecular flexibility index (Phi) is 2.80. The molecule has 1 N–H and O–H groups in total. The Balaban J connectivity index is 2.64. The van der Waals surface area contributed by atoms with Gasteiger partial charge in [0, 0.05) is 6.92 Å². The van der Waals surface area contributed by atoms with Crippen molar-refractivity contribution in [1.82, 2.24) is 0 Å². The second-order valence-corrected chi connectivity index (χ2v) is 6.36. The quantitative estimate of drug-likeness (QED) is 0.627. The van der Waals surface area contributed by atoms with Crippen LogP contribution in [0.25, 0.3) is 0 Å². The lowest BCUT2D eigenvalue weighted by Gasteiger charge is -2.08. The number of carbonyl (C=O) groups excluding carboxylic acids is 1. The lowest BCUT2D eigenvalue weighted by molar-refractivity contribution is -0.109. The van der Waals surface area contributed by atoms with Gasteiger partial charge in [0.2, 0.25) is 0 Å². The molecule has 0 spiro atoms. The molecule has 6 heteroatoms. The monoisotopic (exact) mass is 210 g/mol. The molecule has 0 aliphatic carbocycles. The van der Waals surface area contributed by atoms with E-state index in [0.29, 0.717) is 0 Å². The highest BCUT2D eigenvalue weighted by molar-refractivity contribution is 8.14. The van der Waals surface area contributed by atoms with Crippen LogP contribution >= 0.6 is 11.8 Å². The van der Waals surface area contributed by atoms with Gasteiger partial charge in [0.25, 0.3) is 0 Å². The first-order valence-electron chi connectivity index (χ1n) is 3.46. The van der Waals surface area contributed by atoms with Gasteiger partial charge in [0.15, 0.2) is 15.0 Å². The molecule has 0 aromatic carbocycles. The lowest BCUT2D eigenvalue weighted by Crippen LogP contribution is -2.21. The zero-order chi connectivity index (χ0) is 9.35. The number of sulfone groups is 1. The van der Waals surface area contributed by atoms with Gasteiger partial charge < -0.3 is 5.11 Å². The predicted octanol–water partition coefficient (Wildman–Crippen LogP) is -0.576. The third-order valence-corrected chi connectivity index (χ3v) is 4.63. The molecule has 1 fully saturated rings. The maximum absolute atomic E-state index is 10.9. The molecule has 0 bridgehead atoms. The van der Waals surface area contributed by atoms with E-state index < -0.39 is 21.2 Å². The molecule has 1 aliphatic rings. The summed E-state index contributed by atoms with van der Waals surface area (Å²) in [6.45, 7) is 1.36. The summed E-state index contributed by atoms with van der Waals surface area (Å²) in [6.07, 6.45) is -0.885. The number of thioether (sulfide) groups is 1. The minimum Gasteiger partial charge on any atom is -0.391 e. The van der Waals surface area contributed by atoms with Crippen LogP contribution in [0.3, 0.4) is 0 Å². The molecule has 1 saturated heterocycles. The third-order valence-electron chi connectivity index (χ3n) is 1.59. The van der Waals surface area contributed by atoms with Gasteiger partial charge in [-0.1, -0.05) is 11.8 Å². The van der Waals surface area contributed by atoms with E-state index in [9.17, 15) is 18.3 Å². The number of aliphatic hydroxyl groups is 1. The van der Waals surface area contributed by atoms with Gasteiger partial charge in [-0.05, 0) is 0 Å². The molecule has 70 valence electrons. The Morgan fingerprint density at radius 2 is 2.08 bits per heavy atom. The van der Waals surface area contributed by atoms with Crippen LogP contribution in [0.2, 0.25) is 0 Å². The number of rotatable bonds is 1. The maximum Gasteiger partial charge on any atom is 0.186 e. The fourth-order valence-electron chi connectivity index (χ4n) is 1.12. The van der Waals surface area contributed by atoms with E-state index in [0.717, 1.165) is 11.8 Å². The Labute approximate surface area is 75.3 Å². The normalized spacial score (nSPS) is 33.5. The van der Waals surface area contributed by atoms with E-state index in [1.807, 2.05) is 0 Å². The predicted molar refractivity (Wildman–Crippen MR) is 46.7 cm³/mol. The highest BCUT2D eigenvalue weighted by Gasteiger charge is 2.37. The average Bonchev–Trinajstić information content (AvgIpc) is 2.03. The van der Waals surface area contributed by atoms with Crippen molar-refractivity contribution in [3.8, 4) is 0 Å². The van der Waals surface area contributed by atoms with Crippen LogP contribution in [0, 0.1) is 0 Å². The minimum atomic E-state index is -3.11. The van der Waals surface area contributed by atoms with Crippen molar-refractivity contribution in [3.05, 3.63) is 0 Å². The standard InChI is InChI=1S/C6H10O4S2/c1-4(7)11-6-3-12(9,10)2-5(6)8/h5-6,8H,2-3H2,1H3. The molecule has 0 radical (unpaired) electrons. The topological polar surface area (TPSA) is 71.4 Å². The molecular formula is C6H10O4S2. The first-order chi connectivity index (χ1) is 5.41. The molecule has 0 aromatic heterocycles. The van der Waals surface area contributed by atoms with Crippen molar-refractivity contribution >= 4 is 26.7 Å². The van der Waals surface area contributed by atoms with E-state index in [2.05, 4.69) is 0 Å². The van der Waals surface area contributed by atoms with Crippen molar-refractivity contribution in [2.45, 2.75) is 18.3 Å². The van der Waals surface area contributed by atoms with Crippen LogP contribution in [0.4, 0.5) is 0 Å². The van der Waals surface area contributed by atoms with E-state index in [-0.39, 0.29) is 16.6 Å². The molecule has 1 aliphatic heterocycles. The van der Waals surface area contributed by atoms with Crippen LogP contribution in [-0.4, -0.2) is 41.5 Å². The summed E-state index contributed by atoms with van der Waals surface area (Å²) in [5, 5.41) is 8.60. The summed E-state index contributed by atoms with van der Waals surface area (Å²) in [6, 6.07) is 0. The van der Waals surface area contributed by atoms with Gasteiger partial charge in [0.1, 0.15) is 0 Å². The van der Waals surface area contributed by atoms with Crippen LogP contribution in [-0.2, 0) is 14.6 Å². The third kappa shape index (κ3) is 2.46. The van der Waals surface area contributed by atoms with Crippen LogP contribution < -0.4 is 0 Å². The van der Waals surface area contributed by atoms with E-state index >= 15 is 0 Å². The van der Waals surface area contributed by atoms with Crippen LogP contribution in [0.15, 0.2) is 0 Å². The lowest BCUT2D eigenvalue weighted by atomic mass is 10.3. The molecular weight excluding hydrogens is 200 g/mol. The van der Waals surface area contributed by atoms with Crippen molar-refractivity contribution in [1.29, 1.82) is 0 Å². The summed E-state index contributed by atoms with van der Waals surface area (Å²) in [7, 11) is -3.11. The molecule has 2 atom stereocenters. The summed E-state index contributed by atoms with van der Waals surface area (Å²) in [5.41, 5.74) is 0. The van der Waals surface area contributed by atoms with E-state index in [4.69, 9.17) is 0 Å². The first kappa shape index (κ1) is 10.0. The Hall–Kier alpha value is -0.0700. The smallest absolute Gasteiger partial charge is 0.186 e.